The third-order valence-electron chi connectivity index (χ3n) is 2.72. The van der Waals surface area contributed by atoms with Crippen molar-refractivity contribution in [1.29, 1.82) is 0 Å². The molecule has 0 amide bonds. The highest BCUT2D eigenvalue weighted by Gasteiger charge is 2.13. The molecule has 1 atom stereocenters. The number of anilines is 1. The van der Waals surface area contributed by atoms with Crippen molar-refractivity contribution in [3.05, 3.63) is 11.1 Å². The van der Waals surface area contributed by atoms with Crippen molar-refractivity contribution in [2.45, 2.75) is 25.8 Å². The maximum absolute atomic E-state index is 11.1. The Bertz CT molecular complexity index is 382. The van der Waals surface area contributed by atoms with E-state index in [0.717, 1.165) is 16.6 Å². The lowest BCUT2D eigenvalue weighted by molar-refractivity contribution is -0.140. The second kappa shape index (κ2) is 7.63. The van der Waals surface area contributed by atoms with Crippen molar-refractivity contribution in [2.24, 2.45) is 0 Å². The van der Waals surface area contributed by atoms with E-state index in [2.05, 4.69) is 34.8 Å². The number of esters is 1. The highest BCUT2D eigenvalue weighted by molar-refractivity contribution is 7.98. The van der Waals surface area contributed by atoms with Gasteiger partial charge in [-0.3, -0.25) is 4.79 Å². The Balaban J connectivity index is 2.54. The van der Waals surface area contributed by atoms with E-state index in [0.29, 0.717) is 18.9 Å². The van der Waals surface area contributed by atoms with Crippen molar-refractivity contribution in [3.8, 4) is 0 Å². The molecular formula is C12H20N2O2S2. The van der Waals surface area contributed by atoms with Crippen LogP contribution >= 0.6 is 23.1 Å². The minimum atomic E-state index is -0.186. The molecule has 1 aromatic heterocycles. The number of carbonyl (C=O) groups excluding carboxylic acids is 1. The summed E-state index contributed by atoms with van der Waals surface area (Å²) in [4.78, 5) is 17.8. The standard InChI is InChI=1S/C12H20N2O2S2/c1-9(7-17-4)14(2)12-13-10(8-18-12)5-6-11(15)16-3/h8-9H,5-7H2,1-4H3. The van der Waals surface area contributed by atoms with E-state index in [-0.39, 0.29) is 5.97 Å². The molecule has 0 spiro atoms. The van der Waals surface area contributed by atoms with Crippen LogP contribution in [0.2, 0.25) is 0 Å². The highest BCUT2D eigenvalue weighted by Crippen LogP contribution is 2.22. The van der Waals surface area contributed by atoms with Crippen LogP contribution in [0.5, 0.6) is 0 Å². The first kappa shape index (κ1) is 15.3. The fourth-order valence-electron chi connectivity index (χ4n) is 1.45. The largest absolute Gasteiger partial charge is 0.469 e. The zero-order chi connectivity index (χ0) is 13.5. The Morgan fingerprint density at radius 1 is 1.67 bits per heavy atom. The molecule has 0 bridgehead atoms. The number of hydrogen-bond acceptors (Lipinski definition) is 6. The van der Waals surface area contributed by atoms with Gasteiger partial charge in [0.05, 0.1) is 19.2 Å². The summed E-state index contributed by atoms with van der Waals surface area (Å²) in [5.74, 6) is 0.891. The van der Waals surface area contributed by atoms with E-state index < -0.39 is 0 Å². The average Bonchev–Trinajstić information content (AvgIpc) is 2.84. The smallest absolute Gasteiger partial charge is 0.305 e. The molecule has 0 radical (unpaired) electrons. The van der Waals surface area contributed by atoms with Gasteiger partial charge in [-0.1, -0.05) is 0 Å². The van der Waals surface area contributed by atoms with E-state index >= 15 is 0 Å². The lowest BCUT2D eigenvalue weighted by atomic mass is 10.2. The third-order valence-corrected chi connectivity index (χ3v) is 4.52. The van der Waals surface area contributed by atoms with Crippen LogP contribution in [0.25, 0.3) is 0 Å². The van der Waals surface area contributed by atoms with Crippen molar-refractivity contribution in [3.63, 3.8) is 0 Å². The number of rotatable bonds is 7. The second-order valence-corrected chi connectivity index (χ2v) is 5.86. The molecule has 1 aromatic rings. The van der Waals surface area contributed by atoms with E-state index in [1.165, 1.54) is 7.11 Å². The summed E-state index contributed by atoms with van der Waals surface area (Å²) in [5, 5.41) is 3.03. The fourth-order valence-corrected chi connectivity index (χ4v) is 3.08. The molecule has 0 aliphatic carbocycles. The Kier molecular flexibility index (Phi) is 6.49. The summed E-state index contributed by atoms with van der Waals surface area (Å²) < 4.78 is 4.62. The summed E-state index contributed by atoms with van der Waals surface area (Å²) in [6, 6.07) is 0.458. The molecule has 0 saturated carbocycles. The minimum Gasteiger partial charge on any atom is -0.469 e. The molecular weight excluding hydrogens is 268 g/mol. The van der Waals surface area contributed by atoms with E-state index in [1.807, 2.05) is 17.1 Å². The molecule has 18 heavy (non-hydrogen) atoms. The normalized spacial score (nSPS) is 12.2. The highest BCUT2D eigenvalue weighted by atomic mass is 32.2. The maximum Gasteiger partial charge on any atom is 0.305 e. The van der Waals surface area contributed by atoms with Crippen LogP contribution in [0.3, 0.4) is 0 Å². The topological polar surface area (TPSA) is 42.4 Å². The molecule has 1 rings (SSSR count). The number of hydrogen-bond donors (Lipinski definition) is 0. The van der Waals surface area contributed by atoms with Crippen LogP contribution in [0, 0.1) is 0 Å². The molecule has 0 aliphatic heterocycles. The molecule has 0 saturated heterocycles. The van der Waals surface area contributed by atoms with Gasteiger partial charge in [0.25, 0.3) is 0 Å². The van der Waals surface area contributed by atoms with Crippen molar-refractivity contribution >= 4 is 34.2 Å². The number of ether oxygens (including phenoxy) is 1. The Hall–Kier alpha value is -0.750. The van der Waals surface area contributed by atoms with Crippen molar-refractivity contribution in [1.82, 2.24) is 4.98 Å². The van der Waals surface area contributed by atoms with Gasteiger partial charge >= 0.3 is 5.97 Å². The molecule has 0 aliphatic rings. The van der Waals surface area contributed by atoms with Crippen LogP contribution in [0.4, 0.5) is 5.13 Å². The maximum atomic E-state index is 11.1. The van der Waals surface area contributed by atoms with E-state index in [1.54, 1.807) is 11.3 Å². The summed E-state index contributed by atoms with van der Waals surface area (Å²) in [6.45, 7) is 2.19. The predicted octanol–water partition coefficient (Wildman–Crippen LogP) is 2.44. The van der Waals surface area contributed by atoms with Crippen LogP contribution in [-0.2, 0) is 16.0 Å². The zero-order valence-corrected chi connectivity index (χ0v) is 12.9. The molecule has 1 unspecified atom stereocenters. The molecule has 0 aromatic carbocycles. The number of aryl methyl sites for hydroxylation is 1. The van der Waals surface area contributed by atoms with Crippen molar-refractivity contribution in [2.75, 3.05) is 31.1 Å². The summed E-state index contributed by atoms with van der Waals surface area (Å²) in [5.41, 5.74) is 0.962. The van der Waals surface area contributed by atoms with E-state index in [9.17, 15) is 4.79 Å². The summed E-state index contributed by atoms with van der Waals surface area (Å²) in [7, 11) is 3.47. The molecule has 0 fully saturated rings. The summed E-state index contributed by atoms with van der Waals surface area (Å²) in [6.07, 6.45) is 3.14. The Labute approximate surface area is 117 Å². The van der Waals surface area contributed by atoms with Gasteiger partial charge in [-0.15, -0.1) is 11.3 Å². The van der Waals surface area contributed by atoms with Gasteiger partial charge in [0.15, 0.2) is 5.13 Å². The quantitative estimate of drug-likeness (QED) is 0.721. The van der Waals surface area contributed by atoms with E-state index in [4.69, 9.17) is 0 Å². The van der Waals surface area contributed by atoms with Gasteiger partial charge in [0.1, 0.15) is 0 Å². The number of nitrogens with zero attached hydrogens (tertiary/aromatic N) is 2. The monoisotopic (exact) mass is 288 g/mol. The van der Waals surface area contributed by atoms with Crippen LogP contribution in [0.15, 0.2) is 5.38 Å². The molecule has 102 valence electrons. The average molecular weight is 288 g/mol. The van der Waals surface area contributed by atoms with Gasteiger partial charge in [0, 0.05) is 30.6 Å². The summed E-state index contributed by atoms with van der Waals surface area (Å²) >= 11 is 3.46. The fraction of sp³-hybridized carbons (Fsp3) is 0.667. The molecule has 0 N–H and O–H groups in total. The number of carbonyl (C=O) groups is 1. The molecule has 1 heterocycles. The van der Waals surface area contributed by atoms with Crippen molar-refractivity contribution < 1.29 is 9.53 Å². The molecule has 4 nitrogen and oxygen atoms in total. The number of thiazole rings is 1. The number of aromatic nitrogens is 1. The van der Waals surface area contributed by atoms with Crippen LogP contribution in [-0.4, -0.2) is 43.2 Å². The third kappa shape index (κ3) is 4.49. The van der Waals surface area contributed by atoms with Gasteiger partial charge < -0.3 is 9.64 Å². The first-order valence-electron chi connectivity index (χ1n) is 5.81. The number of thioether (sulfide) groups is 1. The number of methoxy groups -OCH3 is 1. The predicted molar refractivity (Wildman–Crippen MR) is 78.7 cm³/mol. The second-order valence-electron chi connectivity index (χ2n) is 4.11. The lowest BCUT2D eigenvalue weighted by Crippen LogP contribution is -2.30. The van der Waals surface area contributed by atoms with Gasteiger partial charge in [0.2, 0.25) is 0 Å². The van der Waals surface area contributed by atoms with Gasteiger partial charge in [-0.05, 0) is 13.2 Å². The lowest BCUT2D eigenvalue weighted by Gasteiger charge is -2.23. The Morgan fingerprint density at radius 2 is 2.39 bits per heavy atom. The van der Waals surface area contributed by atoms with Gasteiger partial charge in [-0.25, -0.2) is 4.98 Å². The SMILES string of the molecule is COC(=O)CCc1csc(N(C)C(C)CSC)n1. The Morgan fingerprint density at radius 3 is 3.00 bits per heavy atom. The van der Waals surface area contributed by atoms with Crippen LogP contribution in [0.1, 0.15) is 19.0 Å². The first-order valence-corrected chi connectivity index (χ1v) is 8.08. The minimum absolute atomic E-state index is 0.186. The van der Waals surface area contributed by atoms with Gasteiger partial charge in [-0.2, -0.15) is 11.8 Å². The molecule has 6 heteroatoms. The first-order chi connectivity index (χ1) is 8.58. The van der Waals surface area contributed by atoms with Crippen LogP contribution < -0.4 is 4.90 Å². The zero-order valence-electron chi connectivity index (χ0n) is 11.3.